The first-order valence-electron chi connectivity index (χ1n) is 10.3. The minimum atomic E-state index is -0.340. The third kappa shape index (κ3) is 2.29. The highest BCUT2D eigenvalue weighted by atomic mass is 16.6. The Morgan fingerprint density at radius 1 is 1.26 bits per heavy atom. The van der Waals surface area contributed by atoms with E-state index < -0.39 is 0 Å². The lowest BCUT2D eigenvalue weighted by Gasteiger charge is -2.43. The topological polar surface area (TPSA) is 58.6 Å². The number of piperidine rings is 1. The van der Waals surface area contributed by atoms with Crippen LogP contribution < -0.4 is 5.32 Å². The summed E-state index contributed by atoms with van der Waals surface area (Å²) in [5, 5.41) is 2.89. The number of aryl methyl sites for hydroxylation is 1. The quantitative estimate of drug-likeness (QED) is 0.895. The van der Waals surface area contributed by atoms with Gasteiger partial charge >= 0.3 is 6.09 Å². The van der Waals surface area contributed by atoms with E-state index in [2.05, 4.69) is 35.3 Å². The monoisotopic (exact) mass is 366 g/mol. The number of carbonyl (C=O) groups is 2. The van der Waals surface area contributed by atoms with Gasteiger partial charge in [0.25, 0.3) is 0 Å². The van der Waals surface area contributed by atoms with Crippen molar-refractivity contribution in [3.05, 3.63) is 34.9 Å². The lowest BCUT2D eigenvalue weighted by Crippen LogP contribution is -2.58. The Balaban J connectivity index is 1.15. The minimum absolute atomic E-state index is 0.0416. The summed E-state index contributed by atoms with van der Waals surface area (Å²) in [7, 11) is 0. The second-order valence-corrected chi connectivity index (χ2v) is 9.71. The number of nitrogens with one attached hydrogen (secondary N) is 1. The molecule has 27 heavy (non-hydrogen) atoms. The number of carbonyl (C=O) groups excluding carboxylic acids is 2. The average molecular weight is 366 g/mol. The van der Waals surface area contributed by atoms with Crippen molar-refractivity contribution in [2.75, 3.05) is 19.7 Å². The van der Waals surface area contributed by atoms with Crippen molar-refractivity contribution in [3.63, 3.8) is 0 Å². The van der Waals surface area contributed by atoms with Gasteiger partial charge in [-0.3, -0.25) is 4.79 Å². The number of nitrogens with zero attached hydrogens (tertiary/aromatic N) is 1. The number of fused-ring (bicyclic) bond motifs is 1. The summed E-state index contributed by atoms with van der Waals surface area (Å²) < 4.78 is 5.03. The van der Waals surface area contributed by atoms with Gasteiger partial charge in [-0.05, 0) is 67.6 Å². The number of rotatable bonds is 3. The molecule has 1 spiro atoms. The van der Waals surface area contributed by atoms with Crippen LogP contribution in [0.25, 0.3) is 0 Å². The molecule has 142 valence electrons. The number of benzene rings is 1. The van der Waals surface area contributed by atoms with Gasteiger partial charge in [0, 0.05) is 24.4 Å². The van der Waals surface area contributed by atoms with Crippen LogP contribution >= 0.6 is 0 Å². The van der Waals surface area contributed by atoms with Crippen LogP contribution in [0.3, 0.4) is 0 Å². The Morgan fingerprint density at radius 2 is 2.07 bits per heavy atom. The molecule has 0 bridgehead atoms. The Bertz CT molecular complexity index is 855. The molecule has 5 nitrogen and oxygen atoms in total. The fraction of sp³-hybridized carbons (Fsp3) is 0.636. The van der Waals surface area contributed by atoms with Crippen molar-refractivity contribution in [1.82, 2.24) is 10.2 Å². The second-order valence-electron chi connectivity index (χ2n) is 9.71. The van der Waals surface area contributed by atoms with Crippen molar-refractivity contribution in [3.8, 4) is 0 Å². The third-order valence-electron chi connectivity index (χ3n) is 7.76. The molecule has 1 aromatic carbocycles. The first-order chi connectivity index (χ1) is 13.0. The summed E-state index contributed by atoms with van der Waals surface area (Å²) >= 11 is 0. The van der Waals surface area contributed by atoms with E-state index in [9.17, 15) is 9.59 Å². The fourth-order valence-electron chi connectivity index (χ4n) is 6.01. The lowest BCUT2D eigenvalue weighted by atomic mass is 9.68. The summed E-state index contributed by atoms with van der Waals surface area (Å²) in [6.07, 6.45) is 5.00. The van der Waals surface area contributed by atoms with Gasteiger partial charge in [0.15, 0.2) is 0 Å². The molecule has 3 saturated carbocycles. The molecule has 2 heterocycles. The van der Waals surface area contributed by atoms with Gasteiger partial charge in [-0.15, -0.1) is 0 Å². The maximum absolute atomic E-state index is 13.0. The van der Waals surface area contributed by atoms with E-state index in [-0.39, 0.29) is 28.9 Å². The highest BCUT2D eigenvalue weighted by Gasteiger charge is 2.63. The standard InChI is InChI=1S/C22H26N2O3/c1-13-6-15(14-2-3-14)4-5-18(13)22-9-17(22)10-24(11-22)19(25)16-7-21(8-16)12-27-20(26)23-21/h4-6,14,16-17H,2-3,7-12H2,1H3,(H,23,26). The van der Waals surface area contributed by atoms with E-state index in [0.717, 1.165) is 31.8 Å². The normalized spacial score (nSPS) is 39.0. The van der Waals surface area contributed by atoms with E-state index in [4.69, 9.17) is 4.74 Å². The zero-order chi connectivity index (χ0) is 18.4. The zero-order valence-corrected chi connectivity index (χ0v) is 15.8. The number of hydrogen-bond donors (Lipinski definition) is 1. The molecule has 5 aliphatic rings. The summed E-state index contributed by atoms with van der Waals surface area (Å²) in [4.78, 5) is 26.4. The van der Waals surface area contributed by atoms with Gasteiger partial charge in [-0.2, -0.15) is 0 Å². The van der Waals surface area contributed by atoms with Gasteiger partial charge in [0.2, 0.25) is 5.91 Å². The molecule has 1 aromatic rings. The Labute approximate surface area is 159 Å². The van der Waals surface area contributed by atoms with Gasteiger partial charge in [-0.25, -0.2) is 4.79 Å². The van der Waals surface area contributed by atoms with Crippen LogP contribution in [0.1, 0.15) is 54.7 Å². The highest BCUT2D eigenvalue weighted by Crippen LogP contribution is 2.60. The van der Waals surface area contributed by atoms with Gasteiger partial charge < -0.3 is 15.0 Å². The van der Waals surface area contributed by atoms with Crippen molar-refractivity contribution < 1.29 is 14.3 Å². The van der Waals surface area contributed by atoms with E-state index >= 15 is 0 Å². The number of alkyl carbamates (subject to hydrolysis) is 1. The first kappa shape index (κ1) is 16.0. The van der Waals surface area contributed by atoms with Crippen LogP contribution in [0.2, 0.25) is 0 Å². The molecule has 3 aliphatic carbocycles. The molecule has 2 atom stereocenters. The largest absolute Gasteiger partial charge is 0.447 e. The third-order valence-corrected chi connectivity index (χ3v) is 7.76. The van der Waals surface area contributed by atoms with Crippen molar-refractivity contribution in [1.29, 1.82) is 0 Å². The van der Waals surface area contributed by atoms with Crippen LogP contribution in [0.5, 0.6) is 0 Å². The summed E-state index contributed by atoms with van der Waals surface area (Å²) in [6, 6.07) is 7.06. The number of hydrogen-bond acceptors (Lipinski definition) is 3. The van der Waals surface area contributed by atoms with Crippen LogP contribution in [0.4, 0.5) is 4.79 Å². The SMILES string of the molecule is Cc1cc(C2CC2)ccc1C12CC1CN(C(=O)C1CC3(COC(=O)N3)C1)C2. The molecule has 5 heteroatoms. The number of amides is 2. The molecule has 0 aromatic heterocycles. The van der Waals surface area contributed by atoms with Crippen molar-refractivity contribution >= 4 is 12.0 Å². The smallest absolute Gasteiger partial charge is 0.407 e. The summed E-state index contributed by atoms with van der Waals surface area (Å²) in [5.74, 6) is 1.73. The van der Waals surface area contributed by atoms with Crippen molar-refractivity contribution in [2.24, 2.45) is 11.8 Å². The van der Waals surface area contributed by atoms with E-state index in [1.54, 1.807) is 0 Å². The van der Waals surface area contributed by atoms with Crippen LogP contribution in [-0.2, 0) is 14.9 Å². The molecular weight excluding hydrogens is 340 g/mol. The second kappa shape index (κ2) is 5.06. The van der Waals surface area contributed by atoms with E-state index in [0.29, 0.717) is 12.5 Å². The summed E-state index contributed by atoms with van der Waals surface area (Å²) in [5.41, 5.74) is 4.30. The Kier molecular flexibility index (Phi) is 2.99. The molecule has 2 aliphatic heterocycles. The number of likely N-dealkylation sites (tertiary alicyclic amines) is 1. The molecule has 0 radical (unpaired) electrons. The minimum Gasteiger partial charge on any atom is -0.447 e. The van der Waals surface area contributed by atoms with Crippen LogP contribution in [-0.4, -0.2) is 42.1 Å². The van der Waals surface area contributed by atoms with Gasteiger partial charge in [-0.1, -0.05) is 18.2 Å². The summed E-state index contributed by atoms with van der Waals surface area (Å²) in [6.45, 7) is 4.42. The Morgan fingerprint density at radius 3 is 2.74 bits per heavy atom. The zero-order valence-electron chi connectivity index (χ0n) is 15.8. The van der Waals surface area contributed by atoms with Crippen LogP contribution in [0.15, 0.2) is 18.2 Å². The van der Waals surface area contributed by atoms with Crippen molar-refractivity contribution in [2.45, 2.75) is 55.9 Å². The molecule has 1 N–H and O–H groups in total. The number of ether oxygens (including phenoxy) is 1. The highest BCUT2D eigenvalue weighted by molar-refractivity contribution is 5.82. The maximum Gasteiger partial charge on any atom is 0.407 e. The molecule has 2 saturated heterocycles. The molecular formula is C22H26N2O3. The van der Waals surface area contributed by atoms with Gasteiger partial charge in [0.1, 0.15) is 6.61 Å². The molecule has 6 rings (SSSR count). The number of cyclic esters (lactones) is 1. The molecule has 5 fully saturated rings. The molecule has 2 amide bonds. The lowest BCUT2D eigenvalue weighted by molar-refractivity contribution is -0.140. The fourth-order valence-corrected chi connectivity index (χ4v) is 6.01. The Hall–Kier alpha value is -2.04. The van der Waals surface area contributed by atoms with E-state index in [1.807, 2.05) is 0 Å². The predicted molar refractivity (Wildman–Crippen MR) is 99.5 cm³/mol. The predicted octanol–water partition coefficient (Wildman–Crippen LogP) is 2.86. The van der Waals surface area contributed by atoms with Crippen LogP contribution in [0, 0.1) is 18.8 Å². The maximum atomic E-state index is 13.0. The van der Waals surface area contributed by atoms with Gasteiger partial charge in [0.05, 0.1) is 5.54 Å². The average Bonchev–Trinajstić information content (AvgIpc) is 3.51. The van der Waals surface area contributed by atoms with E-state index in [1.165, 1.54) is 36.0 Å². The first-order valence-corrected chi connectivity index (χ1v) is 10.3. The molecule has 2 unspecified atom stereocenters.